The number of amides is 2. The van der Waals surface area contributed by atoms with Crippen LogP contribution < -0.4 is 15.4 Å². The Kier molecular flexibility index (Phi) is 4.63. The maximum atomic E-state index is 11.8. The largest absolute Gasteiger partial charge is 0.506 e. The summed E-state index contributed by atoms with van der Waals surface area (Å²) in [6.45, 7) is 1.81. The molecule has 0 unspecified atom stereocenters. The second-order valence-electron chi connectivity index (χ2n) is 4.66. The lowest BCUT2D eigenvalue weighted by molar-refractivity contribution is -0.133. The molecule has 2 rings (SSSR count). The summed E-state index contributed by atoms with van der Waals surface area (Å²) >= 11 is 0. The van der Waals surface area contributed by atoms with Crippen LogP contribution in [0.4, 0.5) is 11.4 Å². The summed E-state index contributed by atoms with van der Waals surface area (Å²) in [6, 6.07) is 11.3. The Bertz CT molecular complexity index is 696. The molecule has 0 heterocycles. The molecule has 0 aliphatic heterocycles. The van der Waals surface area contributed by atoms with Gasteiger partial charge in [0.1, 0.15) is 11.5 Å². The van der Waals surface area contributed by atoms with E-state index in [1.807, 2.05) is 6.92 Å². The van der Waals surface area contributed by atoms with Crippen LogP contribution in [-0.2, 0) is 9.59 Å². The van der Waals surface area contributed by atoms with Gasteiger partial charge in [0.05, 0.1) is 12.8 Å². The van der Waals surface area contributed by atoms with Crippen LogP contribution in [0.3, 0.4) is 0 Å². The summed E-state index contributed by atoms with van der Waals surface area (Å²) in [5.74, 6) is -1.14. The number of hydrogen-bond donors (Lipinski definition) is 3. The third-order valence-electron chi connectivity index (χ3n) is 2.96. The van der Waals surface area contributed by atoms with Gasteiger partial charge in [-0.05, 0) is 48.9 Å². The summed E-state index contributed by atoms with van der Waals surface area (Å²) in [5, 5.41) is 14.5. The lowest BCUT2D eigenvalue weighted by Gasteiger charge is -2.09. The summed E-state index contributed by atoms with van der Waals surface area (Å²) in [4.78, 5) is 23.6. The zero-order valence-corrected chi connectivity index (χ0v) is 12.2. The number of carbonyl (C=O) groups is 2. The van der Waals surface area contributed by atoms with Crippen molar-refractivity contribution < 1.29 is 19.4 Å². The van der Waals surface area contributed by atoms with Crippen molar-refractivity contribution in [2.45, 2.75) is 6.92 Å². The summed E-state index contributed by atoms with van der Waals surface area (Å²) < 4.78 is 5.00. The van der Waals surface area contributed by atoms with E-state index in [4.69, 9.17) is 4.74 Å². The van der Waals surface area contributed by atoms with Crippen LogP contribution in [0.1, 0.15) is 5.56 Å². The molecule has 6 heteroatoms. The van der Waals surface area contributed by atoms with Crippen LogP contribution in [0.15, 0.2) is 42.5 Å². The van der Waals surface area contributed by atoms with Gasteiger partial charge in [0.25, 0.3) is 0 Å². The van der Waals surface area contributed by atoms with Gasteiger partial charge >= 0.3 is 11.8 Å². The van der Waals surface area contributed by atoms with Crippen molar-refractivity contribution in [2.75, 3.05) is 17.7 Å². The molecule has 0 aromatic heterocycles. The standard InChI is InChI=1S/C16H16N2O4/c1-10-3-8-13(14(19)9-10)18-16(21)15(20)17-11-4-6-12(22-2)7-5-11/h3-9,19H,1-2H3,(H,17,20)(H,18,21). The van der Waals surface area contributed by atoms with Crippen molar-refractivity contribution in [3.8, 4) is 11.5 Å². The second kappa shape index (κ2) is 6.62. The molecule has 0 spiro atoms. The molecule has 0 radical (unpaired) electrons. The normalized spacial score (nSPS) is 9.91. The Morgan fingerprint density at radius 3 is 2.23 bits per heavy atom. The first-order chi connectivity index (χ1) is 10.5. The van der Waals surface area contributed by atoms with Crippen LogP contribution in [-0.4, -0.2) is 24.0 Å². The van der Waals surface area contributed by atoms with Gasteiger partial charge in [-0.3, -0.25) is 9.59 Å². The number of aromatic hydroxyl groups is 1. The molecule has 22 heavy (non-hydrogen) atoms. The second-order valence-corrected chi connectivity index (χ2v) is 4.66. The third kappa shape index (κ3) is 3.76. The first-order valence-electron chi connectivity index (χ1n) is 6.55. The highest BCUT2D eigenvalue weighted by Gasteiger charge is 2.15. The molecule has 2 aromatic carbocycles. The number of ether oxygens (including phenoxy) is 1. The van der Waals surface area contributed by atoms with E-state index < -0.39 is 11.8 Å². The number of carbonyl (C=O) groups excluding carboxylic acids is 2. The van der Waals surface area contributed by atoms with Crippen molar-refractivity contribution in [1.29, 1.82) is 0 Å². The molecule has 0 atom stereocenters. The minimum atomic E-state index is -0.866. The van der Waals surface area contributed by atoms with Gasteiger partial charge in [-0.25, -0.2) is 0 Å². The van der Waals surface area contributed by atoms with Crippen molar-refractivity contribution in [2.24, 2.45) is 0 Å². The van der Waals surface area contributed by atoms with E-state index in [1.165, 1.54) is 19.2 Å². The van der Waals surface area contributed by atoms with Crippen LogP contribution >= 0.6 is 0 Å². The predicted molar refractivity (Wildman–Crippen MR) is 83.1 cm³/mol. The van der Waals surface area contributed by atoms with Gasteiger partial charge in [-0.2, -0.15) is 0 Å². The van der Waals surface area contributed by atoms with E-state index in [0.717, 1.165) is 5.56 Å². The zero-order valence-electron chi connectivity index (χ0n) is 12.2. The number of anilines is 2. The highest BCUT2D eigenvalue weighted by Crippen LogP contribution is 2.23. The first-order valence-corrected chi connectivity index (χ1v) is 6.55. The molecule has 2 aromatic rings. The van der Waals surface area contributed by atoms with Gasteiger partial charge in [0, 0.05) is 5.69 Å². The number of benzene rings is 2. The topological polar surface area (TPSA) is 87.7 Å². The van der Waals surface area contributed by atoms with E-state index in [0.29, 0.717) is 11.4 Å². The highest BCUT2D eigenvalue weighted by molar-refractivity contribution is 6.43. The maximum absolute atomic E-state index is 11.8. The minimum absolute atomic E-state index is 0.0920. The quantitative estimate of drug-likeness (QED) is 0.599. The number of methoxy groups -OCH3 is 1. The molecule has 0 fully saturated rings. The lowest BCUT2D eigenvalue weighted by Crippen LogP contribution is -2.29. The van der Waals surface area contributed by atoms with E-state index in [1.54, 1.807) is 30.3 Å². The van der Waals surface area contributed by atoms with Crippen LogP contribution in [0.5, 0.6) is 11.5 Å². The van der Waals surface area contributed by atoms with Gasteiger partial charge < -0.3 is 20.5 Å². The molecule has 3 N–H and O–H groups in total. The van der Waals surface area contributed by atoms with E-state index in [-0.39, 0.29) is 11.4 Å². The number of hydrogen-bond acceptors (Lipinski definition) is 4. The number of phenols is 1. The number of nitrogens with one attached hydrogen (secondary N) is 2. The third-order valence-corrected chi connectivity index (χ3v) is 2.96. The van der Waals surface area contributed by atoms with Crippen molar-refractivity contribution >= 4 is 23.2 Å². The maximum Gasteiger partial charge on any atom is 0.314 e. The average molecular weight is 300 g/mol. The lowest BCUT2D eigenvalue weighted by atomic mass is 10.2. The zero-order chi connectivity index (χ0) is 16.1. The summed E-state index contributed by atoms with van der Waals surface area (Å²) in [7, 11) is 1.54. The molecule has 0 aliphatic carbocycles. The monoisotopic (exact) mass is 300 g/mol. The smallest absolute Gasteiger partial charge is 0.314 e. The Hall–Kier alpha value is -3.02. The number of aryl methyl sites for hydroxylation is 1. The van der Waals surface area contributed by atoms with Gasteiger partial charge in [-0.1, -0.05) is 6.07 Å². The molecule has 2 amide bonds. The van der Waals surface area contributed by atoms with E-state index >= 15 is 0 Å². The number of rotatable bonds is 3. The summed E-state index contributed by atoms with van der Waals surface area (Å²) in [5.41, 5.74) is 1.49. The van der Waals surface area contributed by atoms with Crippen LogP contribution in [0.2, 0.25) is 0 Å². The fraction of sp³-hybridized carbons (Fsp3) is 0.125. The van der Waals surface area contributed by atoms with E-state index in [9.17, 15) is 14.7 Å². The van der Waals surface area contributed by atoms with Crippen LogP contribution in [0, 0.1) is 6.92 Å². The minimum Gasteiger partial charge on any atom is -0.506 e. The molecule has 114 valence electrons. The SMILES string of the molecule is COc1ccc(NC(=O)C(=O)Nc2ccc(C)cc2O)cc1. The Labute approximate surface area is 127 Å². The van der Waals surface area contributed by atoms with Crippen molar-refractivity contribution in [3.63, 3.8) is 0 Å². The molecule has 0 saturated carbocycles. The van der Waals surface area contributed by atoms with Gasteiger partial charge in [0.2, 0.25) is 0 Å². The Balaban J connectivity index is 2.01. The first kappa shape index (κ1) is 15.4. The van der Waals surface area contributed by atoms with Crippen molar-refractivity contribution in [3.05, 3.63) is 48.0 Å². The Morgan fingerprint density at radius 1 is 1.00 bits per heavy atom. The number of phenolic OH excluding ortho intramolecular Hbond substituents is 1. The summed E-state index contributed by atoms with van der Waals surface area (Å²) in [6.07, 6.45) is 0. The molecule has 0 aliphatic rings. The molecular weight excluding hydrogens is 284 g/mol. The van der Waals surface area contributed by atoms with Crippen LogP contribution in [0.25, 0.3) is 0 Å². The molecule has 0 saturated heterocycles. The van der Waals surface area contributed by atoms with E-state index in [2.05, 4.69) is 10.6 Å². The van der Waals surface area contributed by atoms with Crippen molar-refractivity contribution in [1.82, 2.24) is 0 Å². The fourth-order valence-electron chi connectivity index (χ4n) is 1.79. The van der Waals surface area contributed by atoms with Gasteiger partial charge in [-0.15, -0.1) is 0 Å². The molecule has 0 bridgehead atoms. The fourth-order valence-corrected chi connectivity index (χ4v) is 1.79. The predicted octanol–water partition coefficient (Wildman–Crippen LogP) is 2.29. The average Bonchev–Trinajstić information content (AvgIpc) is 2.50. The van der Waals surface area contributed by atoms with Gasteiger partial charge in [0.15, 0.2) is 0 Å². The Morgan fingerprint density at radius 2 is 1.64 bits per heavy atom. The molecular formula is C16H16N2O4. The molecule has 6 nitrogen and oxygen atoms in total. The highest BCUT2D eigenvalue weighted by atomic mass is 16.5.